The van der Waals surface area contributed by atoms with Crippen molar-refractivity contribution in [2.45, 2.75) is 76.1 Å². The molecule has 2 aliphatic rings. The Kier molecular flexibility index (Phi) is 8.13. The standard InChI is InChI=1S/C31H32F3N3O8S/c1-30(2,28(40)41)37-26(39)22-23(31(32,33)34)24(25-35-8-9-44-25)46-27(22)36(29(37)42)14-21(19-6-4-5-7-20(19)43-3)45-18-12-15-10-17(38)11-16(15)13-18/h4-9,15-18,21,38H,10-14H2,1-3H3,(H,40,41)/t15-,16+,17?,18?,21?. The number of aliphatic hydroxyl groups is 1. The summed E-state index contributed by atoms with van der Waals surface area (Å²) in [6.07, 6.45) is -1.88. The molecule has 3 unspecified atom stereocenters. The first-order valence-electron chi connectivity index (χ1n) is 14.7. The van der Waals surface area contributed by atoms with Crippen LogP contribution in [0.4, 0.5) is 13.2 Å². The van der Waals surface area contributed by atoms with E-state index in [0.29, 0.717) is 52.9 Å². The van der Waals surface area contributed by atoms with Crippen LogP contribution in [0.15, 0.2) is 50.7 Å². The first kappa shape index (κ1) is 32.0. The summed E-state index contributed by atoms with van der Waals surface area (Å²) in [5, 5.41) is 19.2. The molecule has 1 aromatic carbocycles. The van der Waals surface area contributed by atoms with Crippen molar-refractivity contribution < 1.29 is 42.1 Å². The Morgan fingerprint density at radius 2 is 1.83 bits per heavy atom. The van der Waals surface area contributed by atoms with Crippen molar-refractivity contribution in [1.29, 1.82) is 0 Å². The molecule has 11 nitrogen and oxygen atoms in total. The second-order valence-corrected chi connectivity index (χ2v) is 13.3. The Bertz CT molecular complexity index is 1880. The molecule has 5 atom stereocenters. The highest BCUT2D eigenvalue weighted by molar-refractivity contribution is 7.22. The number of oxazole rings is 1. The fourth-order valence-electron chi connectivity index (χ4n) is 6.91. The Morgan fingerprint density at radius 3 is 2.41 bits per heavy atom. The van der Waals surface area contributed by atoms with Crippen molar-refractivity contribution in [3.63, 3.8) is 0 Å². The number of methoxy groups -OCH3 is 1. The Hall–Kier alpha value is -3.95. The van der Waals surface area contributed by atoms with Crippen LogP contribution in [0.2, 0.25) is 0 Å². The average molecular weight is 664 g/mol. The number of para-hydroxylation sites is 1. The summed E-state index contributed by atoms with van der Waals surface area (Å²) in [4.78, 5) is 43.4. The number of thiophene rings is 1. The summed E-state index contributed by atoms with van der Waals surface area (Å²) < 4.78 is 63.0. The van der Waals surface area contributed by atoms with Gasteiger partial charge in [0, 0.05) is 5.56 Å². The van der Waals surface area contributed by atoms with Gasteiger partial charge in [0.2, 0.25) is 5.89 Å². The number of aliphatic carboxylic acids is 1. The van der Waals surface area contributed by atoms with Crippen LogP contribution in [-0.2, 0) is 27.8 Å². The molecule has 0 amide bonds. The van der Waals surface area contributed by atoms with Gasteiger partial charge < -0.3 is 24.1 Å². The lowest BCUT2D eigenvalue weighted by atomic mass is 10.0. The lowest BCUT2D eigenvalue weighted by molar-refractivity contribution is -0.146. The van der Waals surface area contributed by atoms with E-state index in [1.54, 1.807) is 24.3 Å². The van der Waals surface area contributed by atoms with Crippen molar-refractivity contribution in [2.75, 3.05) is 7.11 Å². The van der Waals surface area contributed by atoms with Gasteiger partial charge in [0.15, 0.2) is 0 Å². The maximum atomic E-state index is 14.8. The molecular formula is C31H32F3N3O8S. The predicted octanol–water partition coefficient (Wildman–Crippen LogP) is 5.03. The van der Waals surface area contributed by atoms with E-state index in [2.05, 4.69) is 4.98 Å². The van der Waals surface area contributed by atoms with Gasteiger partial charge in [-0.25, -0.2) is 19.1 Å². The van der Waals surface area contributed by atoms with Crippen molar-refractivity contribution in [2.24, 2.45) is 11.8 Å². The van der Waals surface area contributed by atoms with Crippen molar-refractivity contribution >= 4 is 27.5 Å². The molecule has 0 bridgehead atoms. The molecule has 2 saturated carbocycles. The Morgan fingerprint density at radius 1 is 1.15 bits per heavy atom. The minimum absolute atomic E-state index is 0.251. The number of alkyl halides is 3. The van der Waals surface area contributed by atoms with Crippen LogP contribution in [0.1, 0.15) is 56.8 Å². The van der Waals surface area contributed by atoms with E-state index in [-0.39, 0.29) is 35.4 Å². The number of hydrogen-bond acceptors (Lipinski definition) is 9. The second-order valence-electron chi connectivity index (χ2n) is 12.3. The number of halogens is 3. The molecule has 0 spiro atoms. The van der Waals surface area contributed by atoms with Gasteiger partial charge in [-0.3, -0.25) is 9.36 Å². The van der Waals surface area contributed by atoms with E-state index in [1.165, 1.54) is 7.11 Å². The minimum atomic E-state index is -5.10. The number of carboxylic acid groups (broad SMARTS) is 1. The van der Waals surface area contributed by atoms with Gasteiger partial charge in [-0.1, -0.05) is 18.2 Å². The summed E-state index contributed by atoms with van der Waals surface area (Å²) in [5.74, 6) is -1.09. The number of fused-ring (bicyclic) bond motifs is 2. The zero-order chi connectivity index (χ0) is 33.1. The second kappa shape index (κ2) is 11.7. The van der Waals surface area contributed by atoms with E-state index in [1.807, 2.05) is 0 Å². The third-order valence-corrected chi connectivity index (χ3v) is 10.3. The number of benzene rings is 1. The fraction of sp³-hybridized carbons (Fsp3) is 0.484. The zero-order valence-corrected chi connectivity index (χ0v) is 25.9. The molecule has 46 heavy (non-hydrogen) atoms. The molecule has 3 aromatic heterocycles. The molecule has 0 aliphatic heterocycles. The van der Waals surface area contributed by atoms with Crippen molar-refractivity contribution in [3.8, 4) is 16.5 Å². The molecule has 3 heterocycles. The quantitative estimate of drug-likeness (QED) is 0.252. The fourth-order valence-corrected chi connectivity index (χ4v) is 8.16. The smallest absolute Gasteiger partial charge is 0.418 e. The first-order chi connectivity index (χ1) is 21.7. The van der Waals surface area contributed by atoms with Crippen LogP contribution in [0.3, 0.4) is 0 Å². The number of aliphatic hydroxyl groups excluding tert-OH is 1. The molecule has 2 N–H and O–H groups in total. The van der Waals surface area contributed by atoms with E-state index >= 15 is 0 Å². The van der Waals surface area contributed by atoms with E-state index in [0.717, 1.165) is 30.9 Å². The maximum absolute atomic E-state index is 14.8. The van der Waals surface area contributed by atoms with Crippen LogP contribution < -0.4 is 16.0 Å². The van der Waals surface area contributed by atoms with Crippen molar-refractivity contribution in [1.82, 2.24) is 14.1 Å². The number of hydrogen-bond donors (Lipinski definition) is 2. The highest BCUT2D eigenvalue weighted by Gasteiger charge is 2.45. The van der Waals surface area contributed by atoms with Gasteiger partial charge in [-0.15, -0.1) is 11.3 Å². The van der Waals surface area contributed by atoms with E-state index < -0.39 is 56.8 Å². The van der Waals surface area contributed by atoms with Gasteiger partial charge >= 0.3 is 17.8 Å². The van der Waals surface area contributed by atoms with Crippen LogP contribution in [0.25, 0.3) is 21.0 Å². The summed E-state index contributed by atoms with van der Waals surface area (Å²) in [6, 6.07) is 6.87. The third kappa shape index (κ3) is 5.43. The molecule has 15 heteroatoms. The summed E-state index contributed by atoms with van der Waals surface area (Å²) in [5.41, 5.74) is -5.60. The number of ether oxygens (including phenoxy) is 2. The molecule has 246 valence electrons. The molecule has 4 aromatic rings. The third-order valence-electron chi connectivity index (χ3n) is 9.10. The Labute approximate surface area is 263 Å². The van der Waals surface area contributed by atoms with E-state index in [4.69, 9.17) is 13.9 Å². The highest BCUT2D eigenvalue weighted by atomic mass is 32.1. The Balaban J connectivity index is 1.59. The van der Waals surface area contributed by atoms with Crippen LogP contribution in [0.5, 0.6) is 5.75 Å². The van der Waals surface area contributed by atoms with Crippen LogP contribution >= 0.6 is 11.3 Å². The molecule has 0 radical (unpaired) electrons. The molecule has 0 saturated heterocycles. The molecule has 2 fully saturated rings. The molecule has 6 rings (SSSR count). The normalized spacial score (nSPS) is 22.3. The molecular weight excluding hydrogens is 631 g/mol. The summed E-state index contributed by atoms with van der Waals surface area (Å²) >= 11 is 0.506. The lowest BCUT2D eigenvalue weighted by Gasteiger charge is -2.27. The number of carboxylic acids is 1. The molecule has 2 aliphatic carbocycles. The summed E-state index contributed by atoms with van der Waals surface area (Å²) in [7, 11) is 1.45. The van der Waals surface area contributed by atoms with Gasteiger partial charge in [0.05, 0.1) is 43.0 Å². The van der Waals surface area contributed by atoms with E-state index in [9.17, 15) is 37.8 Å². The predicted molar refractivity (Wildman–Crippen MR) is 160 cm³/mol. The largest absolute Gasteiger partial charge is 0.496 e. The van der Waals surface area contributed by atoms with Gasteiger partial charge in [-0.05, 0) is 57.4 Å². The van der Waals surface area contributed by atoms with Gasteiger partial charge in [-0.2, -0.15) is 13.2 Å². The van der Waals surface area contributed by atoms with Crippen molar-refractivity contribution in [3.05, 3.63) is 68.7 Å². The lowest BCUT2D eigenvalue weighted by Crippen LogP contribution is -2.53. The number of carbonyl (C=O) groups is 1. The average Bonchev–Trinajstić information content (AvgIpc) is 3.77. The number of aromatic nitrogens is 3. The minimum Gasteiger partial charge on any atom is -0.496 e. The van der Waals surface area contributed by atoms with Crippen LogP contribution in [-0.4, -0.2) is 49.6 Å². The SMILES string of the molecule is COc1ccccc1C(Cn1c(=O)n(C(C)(C)C(=O)O)c(=O)c2c(C(F)(F)F)c(-c3ncco3)sc21)OC1C[C@H]2CC(O)C[C@H]2C1. The summed E-state index contributed by atoms with van der Waals surface area (Å²) in [6.45, 7) is 1.77. The zero-order valence-electron chi connectivity index (χ0n) is 25.1. The topological polar surface area (TPSA) is 146 Å². The van der Waals surface area contributed by atoms with Gasteiger partial charge in [0.25, 0.3) is 5.56 Å². The monoisotopic (exact) mass is 663 g/mol. The number of rotatable bonds is 9. The van der Waals surface area contributed by atoms with Crippen LogP contribution in [0, 0.1) is 11.8 Å². The van der Waals surface area contributed by atoms with Gasteiger partial charge in [0.1, 0.15) is 33.4 Å². The highest BCUT2D eigenvalue weighted by Crippen LogP contribution is 2.48. The maximum Gasteiger partial charge on any atom is 0.418 e. The first-order valence-corrected chi connectivity index (χ1v) is 15.5. The number of nitrogens with zero attached hydrogens (tertiary/aromatic N) is 3.